The van der Waals surface area contributed by atoms with Crippen LogP contribution in [0.1, 0.15) is 38.7 Å². The summed E-state index contributed by atoms with van der Waals surface area (Å²) in [6.45, 7) is 3.20. The smallest absolute Gasteiger partial charge is 0.261 e. The number of likely N-dealkylation sites (N-methyl/N-ethyl adjacent to an activating group) is 1. The van der Waals surface area contributed by atoms with Crippen LogP contribution in [0, 0.1) is 5.92 Å². The fourth-order valence-electron chi connectivity index (χ4n) is 4.61. The molecular formula is C24H34N4O6S2. The monoisotopic (exact) mass is 538 g/mol. The first-order valence-electron chi connectivity index (χ1n) is 12.0. The molecule has 0 radical (unpaired) electrons. The highest BCUT2D eigenvalue weighted by Gasteiger charge is 2.39. The molecule has 36 heavy (non-hydrogen) atoms. The third kappa shape index (κ3) is 5.10. The Morgan fingerprint density at radius 3 is 2.69 bits per heavy atom. The molecule has 0 spiro atoms. The highest BCUT2D eigenvalue weighted by Crippen LogP contribution is 2.37. The Balaban J connectivity index is 1.74. The lowest BCUT2D eigenvalue weighted by molar-refractivity contribution is 0.0904. The highest BCUT2D eigenvalue weighted by atomic mass is 32.2. The minimum Gasteiger partial charge on any atom is -0.487 e. The molecule has 0 saturated heterocycles. The topological polar surface area (TPSA) is 122 Å². The zero-order valence-electron chi connectivity index (χ0n) is 21.0. The molecule has 2 aromatic rings. The number of imidazole rings is 1. The van der Waals surface area contributed by atoms with Gasteiger partial charge in [-0.05, 0) is 49.5 Å². The molecule has 1 aliphatic carbocycles. The number of aryl methyl sites for hydroxylation is 1. The van der Waals surface area contributed by atoms with Gasteiger partial charge in [0.15, 0.2) is 5.03 Å². The average molecular weight is 539 g/mol. The van der Waals surface area contributed by atoms with Crippen LogP contribution in [-0.4, -0.2) is 79.0 Å². The van der Waals surface area contributed by atoms with Crippen molar-refractivity contribution >= 4 is 25.6 Å². The minimum absolute atomic E-state index is 0.00612. The number of ether oxygens (including phenoxy) is 1. The number of sulfonamides is 2. The van der Waals surface area contributed by atoms with Gasteiger partial charge in [0, 0.05) is 38.8 Å². The molecule has 2 heterocycles. The Labute approximate surface area is 213 Å². The van der Waals surface area contributed by atoms with E-state index in [0.717, 1.165) is 30.4 Å². The Morgan fingerprint density at radius 2 is 2.08 bits per heavy atom. The van der Waals surface area contributed by atoms with E-state index in [4.69, 9.17) is 4.74 Å². The second kappa shape index (κ2) is 10.3. The maximum Gasteiger partial charge on any atom is 0.261 e. The van der Waals surface area contributed by atoms with Gasteiger partial charge in [-0.3, -0.25) is 0 Å². The molecule has 0 saturated carbocycles. The number of rotatable bonds is 7. The van der Waals surface area contributed by atoms with Crippen molar-refractivity contribution in [1.82, 2.24) is 18.2 Å². The number of hydrogen-bond donors (Lipinski definition) is 1. The van der Waals surface area contributed by atoms with Gasteiger partial charge in [-0.25, -0.2) is 21.8 Å². The van der Waals surface area contributed by atoms with E-state index in [1.165, 1.54) is 28.2 Å². The molecule has 12 heteroatoms. The van der Waals surface area contributed by atoms with Crippen LogP contribution in [0.3, 0.4) is 0 Å². The van der Waals surface area contributed by atoms with Crippen molar-refractivity contribution in [3.8, 4) is 5.75 Å². The molecular weight excluding hydrogens is 504 g/mol. The Morgan fingerprint density at radius 1 is 1.33 bits per heavy atom. The predicted octanol–water partition coefficient (Wildman–Crippen LogP) is 2.08. The molecule has 1 aromatic carbocycles. The van der Waals surface area contributed by atoms with Crippen molar-refractivity contribution in [2.45, 2.75) is 55.2 Å². The fourth-order valence-corrected chi connectivity index (χ4v) is 7.58. The van der Waals surface area contributed by atoms with E-state index in [1.54, 1.807) is 36.7 Å². The molecule has 0 unspecified atom stereocenters. The summed E-state index contributed by atoms with van der Waals surface area (Å²) in [7, 11) is -4.69. The first-order chi connectivity index (χ1) is 16.9. The van der Waals surface area contributed by atoms with Crippen LogP contribution >= 0.6 is 0 Å². The van der Waals surface area contributed by atoms with Crippen LogP contribution in [0.2, 0.25) is 0 Å². The largest absolute Gasteiger partial charge is 0.487 e. The van der Waals surface area contributed by atoms with Gasteiger partial charge in [0.05, 0.1) is 19.5 Å². The quantitative estimate of drug-likeness (QED) is 0.573. The predicted molar refractivity (Wildman–Crippen MR) is 135 cm³/mol. The lowest BCUT2D eigenvalue weighted by Crippen LogP contribution is -2.50. The van der Waals surface area contributed by atoms with Gasteiger partial charge in [-0.2, -0.15) is 8.61 Å². The molecule has 4 rings (SSSR count). The number of aliphatic hydroxyl groups excluding tert-OH is 1. The van der Waals surface area contributed by atoms with E-state index in [1.807, 2.05) is 6.92 Å². The lowest BCUT2D eigenvalue weighted by Gasteiger charge is -2.37. The van der Waals surface area contributed by atoms with Crippen LogP contribution in [0.25, 0.3) is 5.57 Å². The average Bonchev–Trinajstić information content (AvgIpc) is 3.53. The van der Waals surface area contributed by atoms with Crippen LogP contribution in [-0.2, 0) is 27.1 Å². The van der Waals surface area contributed by atoms with Crippen molar-refractivity contribution in [3.05, 3.63) is 42.4 Å². The highest BCUT2D eigenvalue weighted by molar-refractivity contribution is 7.89. The van der Waals surface area contributed by atoms with Gasteiger partial charge in [0.25, 0.3) is 10.0 Å². The van der Waals surface area contributed by atoms with Gasteiger partial charge >= 0.3 is 0 Å². The third-order valence-electron chi connectivity index (χ3n) is 6.87. The molecule has 0 amide bonds. The number of hydrogen-bond acceptors (Lipinski definition) is 7. The summed E-state index contributed by atoms with van der Waals surface area (Å²) in [6.07, 6.45) is 7.28. The number of aliphatic hydroxyl groups is 1. The van der Waals surface area contributed by atoms with Crippen LogP contribution in [0.15, 0.2) is 46.7 Å². The number of aromatic nitrogens is 2. The van der Waals surface area contributed by atoms with E-state index in [2.05, 4.69) is 11.1 Å². The van der Waals surface area contributed by atoms with E-state index in [0.29, 0.717) is 0 Å². The van der Waals surface area contributed by atoms with Crippen LogP contribution < -0.4 is 4.74 Å². The van der Waals surface area contributed by atoms with Gasteiger partial charge in [0.2, 0.25) is 10.0 Å². The minimum atomic E-state index is -3.96. The van der Waals surface area contributed by atoms with E-state index in [9.17, 15) is 21.9 Å². The molecule has 0 fully saturated rings. The van der Waals surface area contributed by atoms with Crippen molar-refractivity contribution in [3.63, 3.8) is 0 Å². The van der Waals surface area contributed by atoms with Gasteiger partial charge < -0.3 is 14.4 Å². The van der Waals surface area contributed by atoms with Gasteiger partial charge in [0.1, 0.15) is 16.7 Å². The summed E-state index contributed by atoms with van der Waals surface area (Å²) in [5.74, 6) is -0.187. The maximum atomic E-state index is 13.6. The van der Waals surface area contributed by atoms with E-state index < -0.39 is 32.2 Å². The summed E-state index contributed by atoms with van der Waals surface area (Å²) in [6, 6.07) is 4.43. The van der Waals surface area contributed by atoms with Crippen LogP contribution in [0.5, 0.6) is 5.75 Å². The second-order valence-electron chi connectivity index (χ2n) is 9.69. The number of benzene rings is 1. The van der Waals surface area contributed by atoms with Gasteiger partial charge in [-0.15, -0.1) is 0 Å². The summed E-state index contributed by atoms with van der Waals surface area (Å²) in [5.41, 5.74) is 2.03. The maximum absolute atomic E-state index is 13.6. The van der Waals surface area contributed by atoms with Crippen molar-refractivity contribution < 1.29 is 26.7 Å². The molecule has 2 aliphatic rings. The molecule has 1 N–H and O–H groups in total. The fraction of sp³-hybridized carbons (Fsp3) is 0.542. The zero-order chi connectivity index (χ0) is 26.3. The van der Waals surface area contributed by atoms with E-state index in [-0.39, 0.29) is 41.3 Å². The number of nitrogens with zero attached hydrogens (tertiary/aromatic N) is 4. The van der Waals surface area contributed by atoms with Crippen molar-refractivity contribution in [2.75, 3.05) is 26.7 Å². The molecule has 3 atom stereocenters. The molecule has 1 aromatic heterocycles. The molecule has 1 aliphatic heterocycles. The summed E-state index contributed by atoms with van der Waals surface area (Å²) in [5, 5.41) is 9.74. The molecule has 198 valence electrons. The Hall–Kier alpha value is -2.25. The first-order valence-corrected chi connectivity index (χ1v) is 14.9. The number of allylic oxidation sites excluding steroid dienone is 2. The molecule has 10 nitrogen and oxygen atoms in total. The SMILES string of the molecule is C[C@@H]1CN([C@H](C)CO)S(=O)(=O)c2ccc(C3=CCCC3)cc2O[C@@H]1CN(C)S(=O)(=O)c1cn(C)cn1. The van der Waals surface area contributed by atoms with E-state index >= 15 is 0 Å². The summed E-state index contributed by atoms with van der Waals surface area (Å²) < 4.78 is 63.9. The van der Waals surface area contributed by atoms with Crippen molar-refractivity contribution in [2.24, 2.45) is 13.0 Å². The lowest BCUT2D eigenvalue weighted by atomic mass is 10.0. The molecule has 0 bridgehead atoms. The summed E-state index contributed by atoms with van der Waals surface area (Å²) in [4.78, 5) is 3.99. The van der Waals surface area contributed by atoms with Gasteiger partial charge in [-0.1, -0.05) is 19.1 Å². The second-order valence-corrected chi connectivity index (χ2v) is 13.5. The normalized spacial score (nSPS) is 23.4. The Bertz CT molecular complexity index is 1350. The van der Waals surface area contributed by atoms with Crippen molar-refractivity contribution in [1.29, 1.82) is 0 Å². The Kier molecular flexibility index (Phi) is 7.63. The van der Waals surface area contributed by atoms with Crippen LogP contribution in [0.4, 0.5) is 0 Å². The first kappa shape index (κ1) is 26.8. The standard InChI is InChI=1S/C24H34N4O6S2/c1-17-12-28(18(2)15-29)35(30,31)23-10-9-20(19-7-5-6-8-19)11-21(23)34-22(17)13-27(4)36(32,33)24-14-26(3)16-25-24/h7,9-11,14,16-18,22,29H,5-6,8,12-13,15H2,1-4H3/t17-,18-,22-/m1/s1. The summed E-state index contributed by atoms with van der Waals surface area (Å²) >= 11 is 0. The third-order valence-corrected chi connectivity index (χ3v) is 10.6. The zero-order valence-corrected chi connectivity index (χ0v) is 22.7. The number of fused-ring (bicyclic) bond motifs is 1.